The quantitative estimate of drug-likeness (QED) is 0.675. The average molecular weight is 341 g/mol. The predicted octanol–water partition coefficient (Wildman–Crippen LogP) is 4.28. The largest absolute Gasteiger partial charge is 0.340 e. The van der Waals surface area contributed by atoms with E-state index in [1.807, 2.05) is 44.2 Å². The summed E-state index contributed by atoms with van der Waals surface area (Å²) in [6, 6.07) is 11.4. The molecule has 0 amide bonds. The molecule has 1 aromatic carbocycles. The number of aryl methyl sites for hydroxylation is 2. The van der Waals surface area contributed by atoms with Crippen LogP contribution in [-0.4, -0.2) is 19.9 Å². The zero-order chi connectivity index (χ0) is 16.9. The van der Waals surface area contributed by atoms with E-state index in [9.17, 15) is 0 Å². The zero-order valence-electron chi connectivity index (χ0n) is 13.4. The van der Waals surface area contributed by atoms with Gasteiger partial charge >= 0.3 is 0 Å². The highest BCUT2D eigenvalue weighted by atomic mass is 35.5. The van der Waals surface area contributed by atoms with Crippen molar-refractivity contribution < 1.29 is 0 Å². The minimum atomic E-state index is 0.432. The maximum absolute atomic E-state index is 6.01. The average Bonchev–Trinajstić information content (AvgIpc) is 2.56. The fourth-order valence-electron chi connectivity index (χ4n) is 2.14. The van der Waals surface area contributed by atoms with Gasteiger partial charge in [0.1, 0.15) is 28.9 Å². The van der Waals surface area contributed by atoms with Crippen molar-refractivity contribution in [2.45, 2.75) is 20.3 Å². The number of hydrogen-bond donors (Lipinski definition) is 2. The number of nitrogens with one attached hydrogen (secondary N) is 2. The molecule has 2 heterocycles. The van der Waals surface area contributed by atoms with Crippen molar-refractivity contribution in [3.63, 3.8) is 0 Å². The number of nitrogens with zero attached hydrogens (tertiary/aromatic N) is 4. The first-order chi connectivity index (χ1) is 11.6. The van der Waals surface area contributed by atoms with Crippen molar-refractivity contribution in [3.05, 3.63) is 59.4 Å². The molecule has 6 nitrogen and oxygen atoms in total. The Bertz CT molecular complexity index is 835. The minimum Gasteiger partial charge on any atom is -0.340 e. The molecule has 0 aliphatic carbocycles. The van der Waals surface area contributed by atoms with Crippen molar-refractivity contribution in [3.8, 4) is 0 Å². The van der Waals surface area contributed by atoms with Crippen molar-refractivity contribution in [2.24, 2.45) is 0 Å². The first-order valence-corrected chi connectivity index (χ1v) is 7.96. The van der Waals surface area contributed by atoms with Crippen LogP contribution in [0.4, 0.5) is 23.0 Å². The maximum Gasteiger partial charge on any atom is 0.135 e. The lowest BCUT2D eigenvalue weighted by atomic mass is 10.2. The molecule has 2 aromatic heterocycles. The summed E-state index contributed by atoms with van der Waals surface area (Å²) in [5, 5.41) is 6.90. The summed E-state index contributed by atoms with van der Waals surface area (Å²) in [6.45, 7) is 3.92. The van der Waals surface area contributed by atoms with E-state index in [-0.39, 0.29) is 0 Å². The molecule has 24 heavy (non-hydrogen) atoms. The van der Waals surface area contributed by atoms with Crippen LogP contribution in [0.1, 0.15) is 18.4 Å². The molecule has 2 N–H and O–H groups in total. The van der Waals surface area contributed by atoms with Crippen LogP contribution >= 0.6 is 11.6 Å². The van der Waals surface area contributed by atoms with Gasteiger partial charge in [0.2, 0.25) is 0 Å². The molecule has 0 bridgehead atoms. The second kappa shape index (κ2) is 7.23. The van der Waals surface area contributed by atoms with E-state index < -0.39 is 0 Å². The lowest BCUT2D eigenvalue weighted by Crippen LogP contribution is -2.00. The zero-order valence-corrected chi connectivity index (χ0v) is 14.2. The number of anilines is 4. The molecule has 0 fully saturated rings. The van der Waals surface area contributed by atoms with Crippen molar-refractivity contribution in [2.75, 3.05) is 10.6 Å². The van der Waals surface area contributed by atoms with Gasteiger partial charge in [-0.2, -0.15) is 0 Å². The Morgan fingerprint density at radius 2 is 1.58 bits per heavy atom. The highest BCUT2D eigenvalue weighted by molar-refractivity contribution is 6.29. The van der Waals surface area contributed by atoms with Gasteiger partial charge in [-0.1, -0.05) is 18.5 Å². The summed E-state index contributed by atoms with van der Waals surface area (Å²) in [4.78, 5) is 16.8. The molecular weight excluding hydrogens is 324 g/mol. The molecule has 0 unspecified atom stereocenters. The van der Waals surface area contributed by atoms with Crippen LogP contribution in [0.3, 0.4) is 0 Å². The SMILES string of the molecule is CCc1nc(Cl)cc(Nc2ccc(Nc3cc(C)ncn3)cc2)n1. The predicted molar refractivity (Wildman–Crippen MR) is 96.2 cm³/mol. The summed E-state index contributed by atoms with van der Waals surface area (Å²) in [5.74, 6) is 2.15. The first kappa shape index (κ1) is 16.1. The van der Waals surface area contributed by atoms with Crippen LogP contribution < -0.4 is 10.6 Å². The fourth-order valence-corrected chi connectivity index (χ4v) is 2.34. The molecule has 3 rings (SSSR count). The Labute approximate surface area is 145 Å². The lowest BCUT2D eigenvalue weighted by molar-refractivity contribution is 0.943. The van der Waals surface area contributed by atoms with Gasteiger partial charge in [-0.25, -0.2) is 19.9 Å². The van der Waals surface area contributed by atoms with Crippen LogP contribution in [0.25, 0.3) is 0 Å². The summed E-state index contributed by atoms with van der Waals surface area (Å²) >= 11 is 6.01. The van der Waals surface area contributed by atoms with E-state index in [0.717, 1.165) is 29.3 Å². The van der Waals surface area contributed by atoms with E-state index >= 15 is 0 Å². The van der Waals surface area contributed by atoms with Crippen molar-refractivity contribution in [1.29, 1.82) is 0 Å². The number of rotatable bonds is 5. The Hall–Kier alpha value is -2.73. The van der Waals surface area contributed by atoms with E-state index in [1.165, 1.54) is 6.33 Å². The number of aromatic nitrogens is 4. The molecule has 0 spiro atoms. The third-order valence-electron chi connectivity index (χ3n) is 3.29. The highest BCUT2D eigenvalue weighted by Crippen LogP contribution is 2.21. The molecule has 0 saturated heterocycles. The second-order valence-corrected chi connectivity index (χ2v) is 5.60. The molecule has 122 valence electrons. The Balaban J connectivity index is 1.71. The molecule has 0 atom stereocenters. The van der Waals surface area contributed by atoms with Crippen LogP contribution in [0.2, 0.25) is 5.15 Å². The topological polar surface area (TPSA) is 75.6 Å². The normalized spacial score (nSPS) is 10.5. The van der Waals surface area contributed by atoms with Crippen molar-refractivity contribution >= 4 is 34.6 Å². The minimum absolute atomic E-state index is 0.432. The first-order valence-electron chi connectivity index (χ1n) is 7.58. The van der Waals surface area contributed by atoms with Crippen LogP contribution in [-0.2, 0) is 6.42 Å². The molecule has 0 aliphatic heterocycles. The molecule has 7 heteroatoms. The van der Waals surface area contributed by atoms with Gasteiger partial charge in [0.25, 0.3) is 0 Å². The molecule has 0 radical (unpaired) electrons. The number of hydrogen-bond acceptors (Lipinski definition) is 6. The third-order valence-corrected chi connectivity index (χ3v) is 3.48. The lowest BCUT2D eigenvalue weighted by Gasteiger charge is -2.09. The Kier molecular flexibility index (Phi) is 4.86. The molecule has 0 aliphatic rings. The maximum atomic E-state index is 6.01. The van der Waals surface area contributed by atoms with Gasteiger partial charge in [-0.3, -0.25) is 0 Å². The number of benzene rings is 1. The second-order valence-electron chi connectivity index (χ2n) is 5.22. The molecule has 0 saturated carbocycles. The van der Waals surface area contributed by atoms with Crippen LogP contribution in [0.15, 0.2) is 42.7 Å². The summed E-state index contributed by atoms with van der Waals surface area (Å²) in [7, 11) is 0. The smallest absolute Gasteiger partial charge is 0.135 e. The van der Waals surface area contributed by atoms with Gasteiger partial charge in [0.05, 0.1) is 0 Å². The van der Waals surface area contributed by atoms with Crippen LogP contribution in [0.5, 0.6) is 0 Å². The van der Waals surface area contributed by atoms with Gasteiger partial charge in [-0.15, -0.1) is 0 Å². The third kappa shape index (κ3) is 4.17. The van der Waals surface area contributed by atoms with E-state index in [4.69, 9.17) is 11.6 Å². The van der Waals surface area contributed by atoms with Gasteiger partial charge in [0, 0.05) is 35.6 Å². The Morgan fingerprint density at radius 3 is 2.21 bits per heavy atom. The molecular formula is C17H17ClN6. The van der Waals surface area contributed by atoms with Crippen molar-refractivity contribution in [1.82, 2.24) is 19.9 Å². The fraction of sp³-hybridized carbons (Fsp3) is 0.176. The monoisotopic (exact) mass is 340 g/mol. The van der Waals surface area contributed by atoms with Gasteiger partial charge < -0.3 is 10.6 Å². The number of halogens is 1. The standard InChI is InChI=1S/C17H17ClN6/c1-3-15-23-14(18)9-17(24-15)22-13-6-4-12(5-7-13)21-16-8-11(2)19-10-20-16/h4-10H,3H2,1-2H3,(H,19,20,21)(H,22,23,24). The highest BCUT2D eigenvalue weighted by Gasteiger charge is 2.03. The summed E-state index contributed by atoms with van der Waals surface area (Å²) < 4.78 is 0. The molecule has 3 aromatic rings. The van der Waals surface area contributed by atoms with Crippen LogP contribution in [0, 0.1) is 6.92 Å². The summed E-state index contributed by atoms with van der Waals surface area (Å²) in [5.41, 5.74) is 2.77. The van der Waals surface area contributed by atoms with Gasteiger partial charge in [0.15, 0.2) is 0 Å². The van der Waals surface area contributed by atoms with E-state index in [2.05, 4.69) is 30.6 Å². The summed E-state index contributed by atoms with van der Waals surface area (Å²) in [6.07, 6.45) is 2.27. The van der Waals surface area contributed by atoms with E-state index in [0.29, 0.717) is 16.8 Å². The Morgan fingerprint density at radius 1 is 0.917 bits per heavy atom. The van der Waals surface area contributed by atoms with Gasteiger partial charge in [-0.05, 0) is 31.2 Å². The van der Waals surface area contributed by atoms with E-state index in [1.54, 1.807) is 6.07 Å².